The fourth-order valence-corrected chi connectivity index (χ4v) is 6.56. The lowest BCUT2D eigenvalue weighted by Crippen LogP contribution is -2.71. The molecule has 0 radical (unpaired) electrons. The van der Waals surface area contributed by atoms with Crippen molar-refractivity contribution in [1.29, 1.82) is 0 Å². The topological polar surface area (TPSA) is 157 Å². The molecule has 12 nitrogen and oxygen atoms in total. The number of para-hydroxylation sites is 1. The molecule has 1 aromatic heterocycles. The zero-order valence-electron chi connectivity index (χ0n) is 20.5. The van der Waals surface area contributed by atoms with Crippen molar-refractivity contribution in [3.05, 3.63) is 77.5 Å². The Labute approximate surface area is 230 Å². The van der Waals surface area contributed by atoms with Crippen molar-refractivity contribution in [3.63, 3.8) is 0 Å². The fraction of sp³-hybridized carbons (Fsp3) is 0.240. The maximum atomic E-state index is 13.4. The number of aliphatic carboxylic acids is 1. The van der Waals surface area contributed by atoms with Crippen LogP contribution in [0.4, 0.5) is 0 Å². The number of carboxylic acid groups (broad SMARTS) is 1. The monoisotopic (exact) mass is 566 g/mol. The third-order valence-electron chi connectivity index (χ3n) is 6.10. The lowest BCUT2D eigenvalue weighted by molar-refractivity contribution is -0.151. The second-order valence-corrected chi connectivity index (χ2v) is 10.7. The van der Waals surface area contributed by atoms with E-state index in [1.54, 1.807) is 67.7 Å². The van der Waals surface area contributed by atoms with Gasteiger partial charge in [-0.3, -0.25) is 19.3 Å². The Balaban J connectivity index is 1.32. The Morgan fingerprint density at radius 2 is 1.85 bits per heavy atom. The number of carboxylic acids is 1. The Bertz CT molecular complexity index is 1450. The maximum Gasteiger partial charge on any atom is 0.352 e. The van der Waals surface area contributed by atoms with Crippen LogP contribution >= 0.6 is 23.5 Å². The van der Waals surface area contributed by atoms with Crippen LogP contribution < -0.4 is 10.1 Å². The summed E-state index contributed by atoms with van der Waals surface area (Å²) in [5.41, 5.74) is 0.836. The van der Waals surface area contributed by atoms with Gasteiger partial charge in [-0.25, -0.2) is 9.48 Å². The molecule has 2 unspecified atom stereocenters. The van der Waals surface area contributed by atoms with Crippen molar-refractivity contribution in [2.75, 3.05) is 11.5 Å². The van der Waals surface area contributed by atoms with E-state index < -0.39 is 41.1 Å². The number of nitrogens with zero attached hydrogens (tertiary/aromatic N) is 5. The summed E-state index contributed by atoms with van der Waals surface area (Å²) in [6.07, 6.45) is 0. The predicted octanol–water partition coefficient (Wildman–Crippen LogP) is 1.43. The molecule has 2 aromatic carbocycles. The van der Waals surface area contributed by atoms with Crippen molar-refractivity contribution in [1.82, 2.24) is 30.4 Å². The summed E-state index contributed by atoms with van der Waals surface area (Å²) in [5, 5.41) is 23.7. The van der Waals surface area contributed by atoms with E-state index in [0.29, 0.717) is 22.0 Å². The van der Waals surface area contributed by atoms with Crippen LogP contribution in [0.2, 0.25) is 0 Å². The predicted molar refractivity (Wildman–Crippen MR) is 140 cm³/mol. The largest absolute Gasteiger partial charge is 0.477 e. The number of carbonyl (C=O) groups excluding carboxylic acids is 3. The molecule has 1 fully saturated rings. The van der Waals surface area contributed by atoms with Crippen molar-refractivity contribution >= 4 is 47.3 Å². The zero-order valence-corrected chi connectivity index (χ0v) is 22.1. The summed E-state index contributed by atoms with van der Waals surface area (Å²) in [6, 6.07) is 15.8. The Morgan fingerprint density at radius 1 is 1.15 bits per heavy atom. The quantitative estimate of drug-likeness (QED) is 0.127. The normalized spacial score (nSPS) is 19.1. The molecular formula is C25H22N6O6S2. The number of β-lactam (4-membered cyclic amide) rings is 1. The zero-order chi connectivity index (χ0) is 27.5. The number of aryl methyl sites for hydroxylation is 1. The second kappa shape index (κ2) is 11.3. The molecule has 14 heteroatoms. The minimum absolute atomic E-state index is 0.111. The number of nitrogens with one attached hydrogen (secondary N) is 1. The SMILES string of the molecule is Cn1nnnc1SCC1=C(C(=O)O)N2C(=O)C(NC(=O)C(C(=O)Oc3ccccc3)c3ccccc3)[C@H]2SC1. The van der Waals surface area contributed by atoms with Gasteiger partial charge in [0.1, 0.15) is 22.9 Å². The first-order valence-corrected chi connectivity index (χ1v) is 13.8. The van der Waals surface area contributed by atoms with Gasteiger partial charge in [0.2, 0.25) is 11.1 Å². The van der Waals surface area contributed by atoms with Gasteiger partial charge in [-0.1, -0.05) is 60.3 Å². The van der Waals surface area contributed by atoms with E-state index in [9.17, 15) is 24.3 Å². The van der Waals surface area contributed by atoms with Crippen LogP contribution in [-0.2, 0) is 26.2 Å². The van der Waals surface area contributed by atoms with Gasteiger partial charge < -0.3 is 15.2 Å². The highest BCUT2D eigenvalue weighted by Crippen LogP contribution is 2.41. The smallest absolute Gasteiger partial charge is 0.352 e. The molecule has 2 amide bonds. The van der Waals surface area contributed by atoms with Crippen LogP contribution in [0.5, 0.6) is 5.75 Å². The van der Waals surface area contributed by atoms with Gasteiger partial charge in [-0.15, -0.1) is 16.9 Å². The van der Waals surface area contributed by atoms with Gasteiger partial charge in [0.05, 0.1) is 0 Å². The van der Waals surface area contributed by atoms with Gasteiger partial charge in [-0.2, -0.15) is 0 Å². The second-order valence-electron chi connectivity index (χ2n) is 8.60. The molecule has 5 rings (SSSR count). The summed E-state index contributed by atoms with van der Waals surface area (Å²) in [4.78, 5) is 53.0. The number of rotatable bonds is 9. The van der Waals surface area contributed by atoms with E-state index in [1.807, 2.05) is 0 Å². The number of thioether (sulfide) groups is 2. The first kappa shape index (κ1) is 26.4. The molecule has 39 heavy (non-hydrogen) atoms. The Hall–Kier alpha value is -4.17. The van der Waals surface area contributed by atoms with Gasteiger partial charge in [0, 0.05) is 18.6 Å². The van der Waals surface area contributed by atoms with E-state index in [0.717, 1.165) is 0 Å². The number of benzene rings is 2. The molecule has 2 aliphatic rings. The highest BCUT2D eigenvalue weighted by atomic mass is 32.2. The summed E-state index contributed by atoms with van der Waals surface area (Å²) in [7, 11) is 1.67. The summed E-state index contributed by atoms with van der Waals surface area (Å²) in [6.45, 7) is 0. The summed E-state index contributed by atoms with van der Waals surface area (Å²) >= 11 is 2.60. The van der Waals surface area contributed by atoms with Crippen molar-refractivity contribution < 1.29 is 29.0 Å². The van der Waals surface area contributed by atoms with Crippen molar-refractivity contribution in [2.45, 2.75) is 22.5 Å². The molecule has 2 aliphatic heterocycles. The third kappa shape index (κ3) is 5.38. The van der Waals surface area contributed by atoms with E-state index in [1.165, 1.54) is 33.1 Å². The van der Waals surface area contributed by atoms with Crippen LogP contribution in [0.1, 0.15) is 11.5 Å². The molecule has 0 bridgehead atoms. The first-order valence-electron chi connectivity index (χ1n) is 11.7. The van der Waals surface area contributed by atoms with Crippen LogP contribution in [0.15, 0.2) is 77.1 Å². The van der Waals surface area contributed by atoms with Crippen LogP contribution in [0.25, 0.3) is 0 Å². The molecule has 1 saturated heterocycles. The first-order chi connectivity index (χ1) is 18.8. The number of tetrazole rings is 1. The number of carbonyl (C=O) groups is 4. The highest BCUT2D eigenvalue weighted by molar-refractivity contribution is 8.01. The maximum absolute atomic E-state index is 13.4. The summed E-state index contributed by atoms with van der Waals surface area (Å²) in [5.74, 6) is -3.75. The lowest BCUT2D eigenvalue weighted by Gasteiger charge is -2.49. The molecule has 0 aliphatic carbocycles. The van der Waals surface area contributed by atoms with E-state index in [2.05, 4.69) is 20.8 Å². The molecule has 3 heterocycles. The third-order valence-corrected chi connectivity index (χ3v) is 8.53. The molecular weight excluding hydrogens is 544 g/mol. The molecule has 2 N–H and O–H groups in total. The fourth-order valence-electron chi connectivity index (χ4n) is 4.23. The molecule has 3 aromatic rings. The van der Waals surface area contributed by atoms with Crippen LogP contribution in [0, 0.1) is 0 Å². The molecule has 200 valence electrons. The molecule has 0 saturated carbocycles. The van der Waals surface area contributed by atoms with Crippen LogP contribution in [0.3, 0.4) is 0 Å². The Kier molecular flexibility index (Phi) is 7.65. The number of aromatic nitrogens is 4. The number of ether oxygens (including phenoxy) is 1. The number of hydrogen-bond donors (Lipinski definition) is 2. The Morgan fingerprint density at radius 3 is 2.49 bits per heavy atom. The number of esters is 1. The number of amides is 2. The van der Waals surface area contributed by atoms with E-state index in [-0.39, 0.29) is 17.2 Å². The van der Waals surface area contributed by atoms with Crippen LogP contribution in [-0.4, -0.2) is 76.9 Å². The average Bonchev–Trinajstić information content (AvgIpc) is 3.35. The van der Waals surface area contributed by atoms with Gasteiger partial charge >= 0.3 is 11.9 Å². The van der Waals surface area contributed by atoms with Gasteiger partial charge in [0.25, 0.3) is 5.91 Å². The minimum Gasteiger partial charge on any atom is -0.477 e. The number of fused-ring (bicyclic) bond motifs is 1. The lowest BCUT2D eigenvalue weighted by atomic mass is 9.96. The molecule has 0 spiro atoms. The average molecular weight is 567 g/mol. The van der Waals surface area contributed by atoms with Crippen molar-refractivity contribution in [3.8, 4) is 5.75 Å². The van der Waals surface area contributed by atoms with E-state index in [4.69, 9.17) is 4.74 Å². The standard InChI is InChI=1S/C25H22N6O6S2/c1-30-25(27-28-29-30)39-13-15-12-38-22-18(21(33)31(22)19(15)23(34)35)26-20(32)17(14-8-4-2-5-9-14)24(36)37-16-10-6-3-7-11-16/h2-11,17-18,22H,12-13H2,1H3,(H,26,32)(H,34,35)/t17?,18?,22-/m1/s1. The van der Waals surface area contributed by atoms with E-state index >= 15 is 0 Å². The highest BCUT2D eigenvalue weighted by Gasteiger charge is 2.54. The minimum atomic E-state index is -1.33. The molecule has 3 atom stereocenters. The van der Waals surface area contributed by atoms with Gasteiger partial charge in [-0.05, 0) is 33.7 Å². The van der Waals surface area contributed by atoms with Crippen molar-refractivity contribution in [2.24, 2.45) is 7.05 Å². The van der Waals surface area contributed by atoms with Gasteiger partial charge in [0.15, 0.2) is 5.92 Å². The number of hydrogen-bond acceptors (Lipinski definition) is 10. The summed E-state index contributed by atoms with van der Waals surface area (Å²) < 4.78 is 6.91.